The van der Waals surface area contributed by atoms with Crippen LogP contribution in [0.15, 0.2) is 54.6 Å². The number of hydrogen-bond acceptors (Lipinski definition) is 4. The quantitative estimate of drug-likeness (QED) is 0.575. The van der Waals surface area contributed by atoms with Gasteiger partial charge in [-0.15, -0.1) is 0 Å². The SMILES string of the molecule is COc1ccccc1C(=O)C=Cc1ccc(OC2CCCCO2)cc1. The molecule has 4 nitrogen and oxygen atoms in total. The van der Waals surface area contributed by atoms with E-state index < -0.39 is 0 Å². The molecule has 130 valence electrons. The topological polar surface area (TPSA) is 44.8 Å². The van der Waals surface area contributed by atoms with Crippen molar-refractivity contribution < 1.29 is 19.0 Å². The van der Waals surface area contributed by atoms with Crippen molar-refractivity contribution in [2.45, 2.75) is 25.6 Å². The summed E-state index contributed by atoms with van der Waals surface area (Å²) < 4.78 is 16.6. The minimum absolute atomic E-state index is 0.0895. The zero-order valence-electron chi connectivity index (χ0n) is 14.3. The van der Waals surface area contributed by atoms with Gasteiger partial charge in [0, 0.05) is 6.42 Å². The normalized spacial score (nSPS) is 17.4. The maximum absolute atomic E-state index is 12.3. The molecule has 1 unspecified atom stereocenters. The number of carbonyl (C=O) groups excluding carboxylic acids is 1. The number of hydrogen-bond donors (Lipinski definition) is 0. The molecule has 1 heterocycles. The fourth-order valence-corrected chi connectivity index (χ4v) is 2.72. The van der Waals surface area contributed by atoms with Gasteiger partial charge >= 0.3 is 0 Å². The van der Waals surface area contributed by atoms with Crippen molar-refractivity contribution in [3.05, 3.63) is 65.7 Å². The molecule has 0 N–H and O–H groups in total. The minimum Gasteiger partial charge on any atom is -0.496 e. The molecule has 3 rings (SSSR count). The van der Waals surface area contributed by atoms with Crippen LogP contribution in [0.3, 0.4) is 0 Å². The molecular weight excluding hydrogens is 316 g/mol. The van der Waals surface area contributed by atoms with Crippen molar-refractivity contribution >= 4 is 11.9 Å². The Morgan fingerprint density at radius 2 is 1.92 bits per heavy atom. The summed E-state index contributed by atoms with van der Waals surface area (Å²) in [6, 6.07) is 14.8. The highest BCUT2D eigenvalue weighted by Crippen LogP contribution is 2.21. The summed E-state index contributed by atoms with van der Waals surface area (Å²) in [5.41, 5.74) is 1.48. The predicted molar refractivity (Wildman–Crippen MR) is 97.0 cm³/mol. The van der Waals surface area contributed by atoms with Gasteiger partial charge in [0.2, 0.25) is 0 Å². The second-order valence-electron chi connectivity index (χ2n) is 5.88. The lowest BCUT2D eigenvalue weighted by molar-refractivity contribution is -0.105. The van der Waals surface area contributed by atoms with E-state index >= 15 is 0 Å². The highest BCUT2D eigenvalue weighted by atomic mass is 16.7. The summed E-state index contributed by atoms with van der Waals surface area (Å²) in [6.45, 7) is 0.760. The monoisotopic (exact) mass is 338 g/mol. The highest BCUT2D eigenvalue weighted by Gasteiger charge is 2.14. The third-order valence-electron chi connectivity index (χ3n) is 4.09. The number of ether oxygens (including phenoxy) is 3. The van der Waals surface area contributed by atoms with Crippen LogP contribution in [0.25, 0.3) is 6.08 Å². The Bertz CT molecular complexity index is 728. The molecule has 1 aliphatic rings. The molecule has 0 saturated carbocycles. The Morgan fingerprint density at radius 3 is 2.64 bits per heavy atom. The maximum Gasteiger partial charge on any atom is 0.199 e. The first-order chi connectivity index (χ1) is 12.3. The maximum atomic E-state index is 12.3. The minimum atomic E-state index is -0.151. The van der Waals surface area contributed by atoms with Crippen molar-refractivity contribution in [3.63, 3.8) is 0 Å². The third-order valence-corrected chi connectivity index (χ3v) is 4.09. The molecule has 0 radical (unpaired) electrons. The number of methoxy groups -OCH3 is 1. The Morgan fingerprint density at radius 1 is 1.12 bits per heavy atom. The van der Waals surface area contributed by atoms with E-state index in [1.807, 2.05) is 36.4 Å². The molecule has 1 fully saturated rings. The van der Waals surface area contributed by atoms with Crippen molar-refractivity contribution in [1.82, 2.24) is 0 Å². The Kier molecular flexibility index (Phi) is 5.86. The largest absolute Gasteiger partial charge is 0.496 e. The summed E-state index contributed by atoms with van der Waals surface area (Å²) >= 11 is 0. The van der Waals surface area contributed by atoms with Crippen LogP contribution in [0, 0.1) is 0 Å². The fraction of sp³-hybridized carbons (Fsp3) is 0.286. The molecule has 2 aromatic rings. The molecule has 0 spiro atoms. The van der Waals surface area contributed by atoms with Crippen LogP contribution in [0.2, 0.25) is 0 Å². The Balaban J connectivity index is 1.62. The summed E-state index contributed by atoms with van der Waals surface area (Å²) in [5, 5.41) is 0. The van der Waals surface area contributed by atoms with E-state index in [1.54, 1.807) is 31.4 Å². The van der Waals surface area contributed by atoms with Gasteiger partial charge in [-0.1, -0.05) is 30.3 Å². The summed E-state index contributed by atoms with van der Waals surface area (Å²) in [5.74, 6) is 1.27. The average Bonchev–Trinajstić information content (AvgIpc) is 2.68. The van der Waals surface area contributed by atoms with Crippen LogP contribution >= 0.6 is 0 Å². The molecule has 25 heavy (non-hydrogen) atoms. The molecule has 1 aliphatic heterocycles. The van der Waals surface area contributed by atoms with Gasteiger partial charge in [-0.2, -0.15) is 0 Å². The van der Waals surface area contributed by atoms with Crippen LogP contribution in [0.4, 0.5) is 0 Å². The average molecular weight is 338 g/mol. The first-order valence-corrected chi connectivity index (χ1v) is 8.50. The standard InChI is InChI=1S/C21H22O4/c1-23-20-7-3-2-6-18(20)19(22)14-11-16-9-12-17(13-10-16)25-21-8-4-5-15-24-21/h2-3,6-7,9-14,21H,4-5,8,15H2,1H3. The molecule has 1 saturated heterocycles. The number of allylic oxidation sites excluding steroid dienone is 1. The number of benzene rings is 2. The van der Waals surface area contributed by atoms with E-state index in [4.69, 9.17) is 14.2 Å². The first kappa shape index (κ1) is 17.2. The molecule has 0 aliphatic carbocycles. The van der Waals surface area contributed by atoms with Crippen molar-refractivity contribution in [1.29, 1.82) is 0 Å². The van der Waals surface area contributed by atoms with E-state index in [0.717, 1.165) is 37.2 Å². The van der Waals surface area contributed by atoms with E-state index in [1.165, 1.54) is 0 Å². The van der Waals surface area contributed by atoms with Crippen molar-refractivity contribution in [2.75, 3.05) is 13.7 Å². The van der Waals surface area contributed by atoms with Gasteiger partial charge in [0.15, 0.2) is 12.1 Å². The molecule has 1 atom stereocenters. The zero-order chi connectivity index (χ0) is 17.5. The van der Waals surface area contributed by atoms with Crippen molar-refractivity contribution in [2.24, 2.45) is 0 Å². The summed E-state index contributed by atoms with van der Waals surface area (Å²) in [6.07, 6.45) is 6.35. The van der Waals surface area contributed by atoms with Gasteiger partial charge < -0.3 is 14.2 Å². The van der Waals surface area contributed by atoms with Crippen molar-refractivity contribution in [3.8, 4) is 11.5 Å². The lowest BCUT2D eigenvalue weighted by Gasteiger charge is -2.23. The third kappa shape index (κ3) is 4.70. The first-order valence-electron chi connectivity index (χ1n) is 8.50. The number of rotatable bonds is 6. The van der Waals surface area contributed by atoms with E-state index in [9.17, 15) is 4.79 Å². The predicted octanol–water partition coefficient (Wildman–Crippen LogP) is 4.50. The molecule has 0 amide bonds. The Hall–Kier alpha value is -2.59. The van der Waals surface area contributed by atoms with Gasteiger partial charge in [-0.3, -0.25) is 4.79 Å². The van der Waals surface area contributed by atoms with E-state index in [-0.39, 0.29) is 12.1 Å². The lowest BCUT2D eigenvalue weighted by Crippen LogP contribution is -2.24. The van der Waals surface area contributed by atoms with Crippen LogP contribution < -0.4 is 9.47 Å². The van der Waals surface area contributed by atoms with Gasteiger partial charge in [0.25, 0.3) is 0 Å². The molecule has 0 bridgehead atoms. The molecule has 2 aromatic carbocycles. The number of ketones is 1. The zero-order valence-corrected chi connectivity index (χ0v) is 14.3. The smallest absolute Gasteiger partial charge is 0.199 e. The highest BCUT2D eigenvalue weighted by molar-refractivity contribution is 6.08. The van der Waals surface area contributed by atoms with Crippen LogP contribution in [-0.2, 0) is 4.74 Å². The lowest BCUT2D eigenvalue weighted by atomic mass is 10.1. The van der Waals surface area contributed by atoms with Gasteiger partial charge in [0.1, 0.15) is 11.5 Å². The Labute approximate surface area is 148 Å². The summed E-state index contributed by atoms with van der Waals surface area (Å²) in [7, 11) is 1.56. The molecular formula is C21H22O4. The van der Waals surface area contributed by atoms with E-state index in [2.05, 4.69) is 0 Å². The van der Waals surface area contributed by atoms with Gasteiger partial charge in [-0.25, -0.2) is 0 Å². The summed E-state index contributed by atoms with van der Waals surface area (Å²) in [4.78, 5) is 12.3. The van der Waals surface area contributed by atoms with Crippen LogP contribution in [0.5, 0.6) is 11.5 Å². The number of carbonyl (C=O) groups is 1. The van der Waals surface area contributed by atoms with Gasteiger partial charge in [-0.05, 0) is 48.7 Å². The van der Waals surface area contributed by atoms with Crippen LogP contribution in [-0.4, -0.2) is 25.8 Å². The van der Waals surface area contributed by atoms with Gasteiger partial charge in [0.05, 0.1) is 19.3 Å². The second-order valence-corrected chi connectivity index (χ2v) is 5.88. The van der Waals surface area contributed by atoms with Crippen LogP contribution in [0.1, 0.15) is 35.2 Å². The fourth-order valence-electron chi connectivity index (χ4n) is 2.72. The molecule has 4 heteroatoms. The second kappa shape index (κ2) is 8.49. The number of para-hydroxylation sites is 1. The molecule has 0 aromatic heterocycles. The van der Waals surface area contributed by atoms with E-state index in [0.29, 0.717) is 11.3 Å².